The predicted octanol–water partition coefficient (Wildman–Crippen LogP) is 1.84. The van der Waals surface area contributed by atoms with Gasteiger partial charge in [-0.3, -0.25) is 0 Å². The maximum atomic E-state index is 4.46. The van der Waals surface area contributed by atoms with Gasteiger partial charge in [-0.05, 0) is 25.7 Å². The number of hydrogen-bond donors (Lipinski definition) is 2. The van der Waals surface area contributed by atoms with Gasteiger partial charge in [0.15, 0.2) is 0 Å². The van der Waals surface area contributed by atoms with Crippen LogP contribution in [0.25, 0.3) is 0 Å². The summed E-state index contributed by atoms with van der Waals surface area (Å²) in [5.74, 6) is 0. The fourth-order valence-electron chi connectivity index (χ4n) is 1.24. The molecule has 1 N–H and O–H groups in total. The van der Waals surface area contributed by atoms with Crippen LogP contribution in [0.2, 0.25) is 0 Å². The molecular formula is C8H15NS2. The van der Waals surface area contributed by atoms with Crippen molar-refractivity contribution >= 4 is 26.0 Å². The van der Waals surface area contributed by atoms with Gasteiger partial charge in [-0.25, -0.2) is 0 Å². The van der Waals surface area contributed by atoms with Crippen LogP contribution in [0.1, 0.15) is 13.8 Å². The lowest BCUT2D eigenvalue weighted by Crippen LogP contribution is -2.07. The van der Waals surface area contributed by atoms with Crippen LogP contribution < -0.4 is 5.32 Å². The molecule has 0 radical (unpaired) electrons. The first-order valence-electron chi connectivity index (χ1n) is 3.71. The third-order valence-corrected chi connectivity index (χ3v) is 3.65. The van der Waals surface area contributed by atoms with Gasteiger partial charge in [-0.15, -0.1) is 21.2 Å². The molecule has 11 heavy (non-hydrogen) atoms. The SMILES string of the molecule is CC(C)=C1CNC/C1=S(\C)S. The first-order valence-corrected chi connectivity index (χ1v) is 6.39. The summed E-state index contributed by atoms with van der Waals surface area (Å²) in [4.78, 5) is 1.49. The van der Waals surface area contributed by atoms with Gasteiger partial charge in [-0.1, -0.05) is 5.57 Å². The van der Waals surface area contributed by atoms with Crippen molar-refractivity contribution in [2.75, 3.05) is 19.3 Å². The molecule has 1 unspecified atom stereocenters. The Morgan fingerprint density at radius 2 is 2.09 bits per heavy atom. The zero-order valence-corrected chi connectivity index (χ0v) is 8.98. The zero-order valence-electron chi connectivity index (χ0n) is 7.27. The van der Waals surface area contributed by atoms with Crippen molar-refractivity contribution in [1.29, 1.82) is 0 Å². The van der Waals surface area contributed by atoms with Crippen molar-refractivity contribution in [3.05, 3.63) is 11.1 Å². The lowest BCUT2D eigenvalue weighted by atomic mass is 10.1. The summed E-state index contributed by atoms with van der Waals surface area (Å²) in [6, 6.07) is 0. The van der Waals surface area contributed by atoms with Gasteiger partial charge in [0.2, 0.25) is 0 Å². The molecule has 1 nitrogen and oxygen atoms in total. The Morgan fingerprint density at radius 3 is 2.45 bits per heavy atom. The van der Waals surface area contributed by atoms with Crippen molar-refractivity contribution in [3.63, 3.8) is 0 Å². The summed E-state index contributed by atoms with van der Waals surface area (Å²) in [6.07, 6.45) is 2.16. The Kier molecular flexibility index (Phi) is 3.22. The highest BCUT2D eigenvalue weighted by molar-refractivity contribution is 8.76. The van der Waals surface area contributed by atoms with Crippen LogP contribution in [0.3, 0.4) is 0 Å². The Hall–Kier alpha value is 0.270. The molecule has 0 aliphatic carbocycles. The van der Waals surface area contributed by atoms with Gasteiger partial charge in [0.05, 0.1) is 0 Å². The molecule has 3 heteroatoms. The number of allylic oxidation sites excluding steroid dienone is 1. The molecule has 0 saturated carbocycles. The lowest BCUT2D eigenvalue weighted by Gasteiger charge is -2.04. The largest absolute Gasteiger partial charge is 0.308 e. The van der Waals surface area contributed by atoms with Gasteiger partial charge in [0, 0.05) is 18.0 Å². The monoisotopic (exact) mass is 189 g/mol. The zero-order chi connectivity index (χ0) is 8.43. The molecule has 1 fully saturated rings. The second-order valence-corrected chi connectivity index (χ2v) is 6.08. The van der Waals surface area contributed by atoms with E-state index in [1.54, 1.807) is 0 Å². The van der Waals surface area contributed by atoms with Crippen molar-refractivity contribution in [2.45, 2.75) is 13.8 Å². The van der Waals surface area contributed by atoms with Gasteiger partial charge in [0.25, 0.3) is 0 Å². The summed E-state index contributed by atoms with van der Waals surface area (Å²) in [6.45, 7) is 6.41. The van der Waals surface area contributed by atoms with Crippen LogP contribution >= 0.6 is 21.2 Å². The molecule has 1 rings (SSSR count). The molecule has 0 bridgehead atoms. The number of hydrogen-bond acceptors (Lipinski definition) is 2. The predicted molar refractivity (Wildman–Crippen MR) is 58.8 cm³/mol. The highest BCUT2D eigenvalue weighted by atomic mass is 33.1. The van der Waals surface area contributed by atoms with E-state index in [0.717, 1.165) is 13.1 Å². The van der Waals surface area contributed by atoms with Gasteiger partial charge in [0.1, 0.15) is 0 Å². The summed E-state index contributed by atoms with van der Waals surface area (Å²) in [7, 11) is 0.149. The molecule has 64 valence electrons. The van der Waals surface area contributed by atoms with E-state index < -0.39 is 0 Å². The first kappa shape index (κ1) is 9.36. The molecule has 1 heterocycles. The van der Waals surface area contributed by atoms with E-state index in [1.807, 2.05) is 0 Å². The molecule has 0 spiro atoms. The van der Waals surface area contributed by atoms with Crippen molar-refractivity contribution in [3.8, 4) is 0 Å². The van der Waals surface area contributed by atoms with Crippen molar-refractivity contribution in [1.82, 2.24) is 5.32 Å². The molecule has 0 aromatic carbocycles. The van der Waals surface area contributed by atoms with E-state index in [2.05, 4.69) is 37.1 Å². The molecule has 0 aromatic heterocycles. The highest BCUT2D eigenvalue weighted by Gasteiger charge is 2.14. The Bertz CT molecular complexity index is 196. The average Bonchev–Trinajstić information content (AvgIpc) is 2.32. The van der Waals surface area contributed by atoms with E-state index in [-0.39, 0.29) is 9.52 Å². The molecule has 1 atom stereocenters. The Balaban J connectivity index is 3.01. The molecule has 0 amide bonds. The fraction of sp³-hybridized carbons (Fsp3) is 0.625. The number of rotatable bonds is 0. The third kappa shape index (κ3) is 2.10. The summed E-state index contributed by atoms with van der Waals surface area (Å²) in [5.41, 5.74) is 2.92. The third-order valence-electron chi connectivity index (χ3n) is 1.88. The number of thiol groups is 1. The fourth-order valence-corrected chi connectivity index (χ4v) is 2.71. The van der Waals surface area contributed by atoms with E-state index in [1.165, 1.54) is 16.0 Å². The first-order chi connectivity index (χ1) is 5.13. The van der Waals surface area contributed by atoms with Crippen molar-refractivity contribution < 1.29 is 0 Å². The van der Waals surface area contributed by atoms with Crippen LogP contribution in [-0.2, 0) is 0 Å². The standard InChI is InChI=1S/C8H15NS2/c1-6(2)7-4-9-5-8(7)11(3)10/h9-10H,4-5H2,1-3H3. The quantitative estimate of drug-likeness (QED) is 0.256. The van der Waals surface area contributed by atoms with E-state index in [9.17, 15) is 0 Å². The maximum Gasteiger partial charge on any atom is 0.0271 e. The summed E-state index contributed by atoms with van der Waals surface area (Å²) in [5, 5.41) is 3.35. The van der Waals surface area contributed by atoms with Gasteiger partial charge < -0.3 is 5.32 Å². The smallest absolute Gasteiger partial charge is 0.0271 e. The highest BCUT2D eigenvalue weighted by Crippen LogP contribution is 2.23. The molecule has 1 aliphatic heterocycles. The van der Waals surface area contributed by atoms with Crippen molar-refractivity contribution in [2.24, 2.45) is 0 Å². The van der Waals surface area contributed by atoms with Gasteiger partial charge >= 0.3 is 0 Å². The molecule has 0 aromatic rings. The normalized spacial score (nSPS) is 24.0. The minimum atomic E-state index is 0.149. The molecule has 1 aliphatic rings. The topological polar surface area (TPSA) is 12.0 Å². The summed E-state index contributed by atoms with van der Waals surface area (Å²) >= 11 is 4.46. The van der Waals surface area contributed by atoms with Crippen LogP contribution in [0, 0.1) is 0 Å². The second kappa shape index (κ2) is 3.78. The second-order valence-electron chi connectivity index (χ2n) is 2.98. The van der Waals surface area contributed by atoms with E-state index in [4.69, 9.17) is 0 Å². The minimum Gasteiger partial charge on any atom is -0.308 e. The van der Waals surface area contributed by atoms with Crippen LogP contribution in [0.4, 0.5) is 0 Å². The molecule has 1 saturated heterocycles. The van der Waals surface area contributed by atoms with Crippen LogP contribution in [0.5, 0.6) is 0 Å². The Morgan fingerprint density at radius 1 is 1.45 bits per heavy atom. The average molecular weight is 189 g/mol. The summed E-state index contributed by atoms with van der Waals surface area (Å²) < 4.78 is 0. The number of nitrogens with one attached hydrogen (secondary N) is 1. The molecular weight excluding hydrogens is 174 g/mol. The van der Waals surface area contributed by atoms with Gasteiger partial charge in [-0.2, -0.15) is 0 Å². The van der Waals surface area contributed by atoms with E-state index >= 15 is 0 Å². The maximum absolute atomic E-state index is 4.46. The minimum absolute atomic E-state index is 0.149. The lowest BCUT2D eigenvalue weighted by molar-refractivity contribution is 0.904. The van der Waals surface area contributed by atoms with E-state index in [0.29, 0.717) is 0 Å². The van der Waals surface area contributed by atoms with Crippen LogP contribution in [-0.4, -0.2) is 24.2 Å². The van der Waals surface area contributed by atoms with Crippen LogP contribution in [0.15, 0.2) is 11.1 Å². The Labute approximate surface area is 76.0 Å².